The Kier molecular flexibility index (Phi) is 6.62. The third kappa shape index (κ3) is 5.87. The highest BCUT2D eigenvalue weighted by molar-refractivity contribution is 9.10. The Morgan fingerprint density at radius 1 is 1.36 bits per heavy atom. The van der Waals surface area contributed by atoms with Crippen LogP contribution in [0.5, 0.6) is 0 Å². The van der Waals surface area contributed by atoms with E-state index in [0.29, 0.717) is 5.56 Å². The number of carbonyl (C=O) groups is 2. The zero-order valence-corrected chi connectivity index (χ0v) is 16.3. The number of hydrogen-bond donors (Lipinski definition) is 1. The molecule has 11 heteroatoms. The second-order valence-corrected chi connectivity index (χ2v) is 8.62. The first-order valence-electron chi connectivity index (χ1n) is 7.05. The number of halogens is 1. The van der Waals surface area contributed by atoms with Crippen molar-refractivity contribution in [1.82, 2.24) is 9.59 Å². The molecule has 0 fully saturated rings. The number of benzene rings is 1. The van der Waals surface area contributed by atoms with Crippen molar-refractivity contribution in [3.8, 4) is 0 Å². The molecule has 0 atom stereocenters. The number of anilines is 1. The quantitative estimate of drug-likeness (QED) is 0.645. The summed E-state index contributed by atoms with van der Waals surface area (Å²) in [5.74, 6) is -2.50. The monoisotopic (exact) mass is 447 g/mol. The van der Waals surface area contributed by atoms with E-state index in [2.05, 4.69) is 30.8 Å². The number of aromatic nitrogens is 2. The van der Waals surface area contributed by atoms with Gasteiger partial charge >= 0.3 is 5.97 Å². The summed E-state index contributed by atoms with van der Waals surface area (Å²) >= 11 is 4.03. The third-order valence-corrected chi connectivity index (χ3v) is 5.45. The fourth-order valence-corrected chi connectivity index (χ4v) is 4.18. The van der Waals surface area contributed by atoms with Crippen LogP contribution in [0, 0.1) is 0 Å². The molecule has 0 aliphatic heterocycles. The largest absolute Gasteiger partial charge is 0.461 e. The van der Waals surface area contributed by atoms with E-state index in [9.17, 15) is 18.0 Å². The lowest BCUT2D eigenvalue weighted by Crippen LogP contribution is -2.24. The summed E-state index contributed by atoms with van der Waals surface area (Å²) in [5.41, 5.74) is 0.415. The molecule has 0 radical (unpaired) electrons. The van der Waals surface area contributed by atoms with E-state index >= 15 is 0 Å². The average molecular weight is 448 g/mol. The molecule has 134 valence electrons. The molecule has 1 heterocycles. The molecular weight excluding hydrogens is 434 g/mol. The van der Waals surface area contributed by atoms with Gasteiger partial charge in [0, 0.05) is 16.0 Å². The van der Waals surface area contributed by atoms with Crippen LogP contribution in [0.2, 0.25) is 0 Å². The summed E-state index contributed by atoms with van der Waals surface area (Å²) in [7, 11) is -3.68. The van der Waals surface area contributed by atoms with Crippen LogP contribution in [0.15, 0.2) is 28.7 Å². The Morgan fingerprint density at radius 2 is 2.12 bits per heavy atom. The molecule has 0 spiro atoms. The summed E-state index contributed by atoms with van der Waals surface area (Å²) in [5, 5.41) is 5.99. The molecule has 0 aliphatic carbocycles. The predicted octanol–water partition coefficient (Wildman–Crippen LogP) is 2.03. The molecule has 1 amide bonds. The highest BCUT2D eigenvalue weighted by Crippen LogP contribution is 2.19. The van der Waals surface area contributed by atoms with Crippen molar-refractivity contribution < 1.29 is 22.7 Å². The van der Waals surface area contributed by atoms with Crippen molar-refractivity contribution in [3.05, 3.63) is 40.0 Å². The lowest BCUT2D eigenvalue weighted by atomic mass is 10.2. The molecule has 8 nitrogen and oxygen atoms in total. The molecule has 25 heavy (non-hydrogen) atoms. The molecule has 0 saturated heterocycles. The van der Waals surface area contributed by atoms with E-state index in [1.54, 1.807) is 31.2 Å². The zero-order chi connectivity index (χ0) is 18.4. The Morgan fingerprint density at radius 3 is 2.80 bits per heavy atom. The molecule has 1 N–H and O–H groups in total. The first-order valence-corrected chi connectivity index (χ1v) is 10.4. The maximum atomic E-state index is 12.2. The number of carbonyl (C=O) groups excluding carboxylic acids is 2. The number of amides is 1. The van der Waals surface area contributed by atoms with Gasteiger partial charge in [-0.15, -0.1) is 5.10 Å². The van der Waals surface area contributed by atoms with Crippen LogP contribution in [0.25, 0.3) is 0 Å². The SMILES string of the molecule is CCOC(=O)c1nnsc1NC(=O)CS(=O)(=O)Cc1cccc(Br)c1. The maximum Gasteiger partial charge on any atom is 0.362 e. The summed E-state index contributed by atoms with van der Waals surface area (Å²) in [6, 6.07) is 6.81. The van der Waals surface area contributed by atoms with Gasteiger partial charge in [0.2, 0.25) is 11.6 Å². The Bertz CT molecular complexity index is 882. The van der Waals surface area contributed by atoms with Crippen LogP contribution in [0.3, 0.4) is 0 Å². The van der Waals surface area contributed by atoms with Gasteiger partial charge in [0.25, 0.3) is 0 Å². The van der Waals surface area contributed by atoms with E-state index < -0.39 is 27.5 Å². The van der Waals surface area contributed by atoms with Crippen molar-refractivity contribution in [3.63, 3.8) is 0 Å². The molecule has 0 aliphatic rings. The highest BCUT2D eigenvalue weighted by atomic mass is 79.9. The van der Waals surface area contributed by atoms with Gasteiger partial charge in [0.05, 0.1) is 12.4 Å². The lowest BCUT2D eigenvalue weighted by Gasteiger charge is -2.06. The van der Waals surface area contributed by atoms with Crippen molar-refractivity contribution in [1.29, 1.82) is 0 Å². The minimum atomic E-state index is -3.68. The number of nitrogens with zero attached hydrogens (tertiary/aromatic N) is 2. The van der Waals surface area contributed by atoms with Crippen LogP contribution < -0.4 is 5.32 Å². The normalized spacial score (nSPS) is 11.1. The van der Waals surface area contributed by atoms with Gasteiger partial charge in [-0.25, -0.2) is 13.2 Å². The summed E-state index contributed by atoms with van der Waals surface area (Å²) < 4.78 is 33.5. The molecule has 1 aromatic carbocycles. The van der Waals surface area contributed by atoms with Gasteiger partial charge in [0.15, 0.2) is 14.8 Å². The van der Waals surface area contributed by atoms with E-state index in [1.807, 2.05) is 0 Å². The summed E-state index contributed by atoms with van der Waals surface area (Å²) in [6.45, 7) is 1.77. The molecule has 1 aromatic heterocycles. The molecular formula is C14H14BrN3O5S2. The number of nitrogens with one attached hydrogen (secondary N) is 1. The first kappa shape index (κ1) is 19.5. The minimum Gasteiger partial charge on any atom is -0.461 e. The van der Waals surface area contributed by atoms with Gasteiger partial charge in [-0.1, -0.05) is 32.6 Å². The van der Waals surface area contributed by atoms with Crippen LogP contribution in [-0.2, 0) is 25.1 Å². The van der Waals surface area contributed by atoms with Crippen LogP contribution >= 0.6 is 27.5 Å². The number of sulfone groups is 1. The van der Waals surface area contributed by atoms with Gasteiger partial charge in [-0.3, -0.25) is 4.79 Å². The van der Waals surface area contributed by atoms with Gasteiger partial charge in [-0.05, 0) is 24.6 Å². The minimum absolute atomic E-state index is 0.0566. The van der Waals surface area contributed by atoms with Crippen molar-refractivity contribution in [2.24, 2.45) is 0 Å². The van der Waals surface area contributed by atoms with E-state index in [1.165, 1.54) is 0 Å². The topological polar surface area (TPSA) is 115 Å². The number of rotatable bonds is 7. The molecule has 2 aromatic rings. The summed E-state index contributed by atoms with van der Waals surface area (Å²) in [6.07, 6.45) is 0. The van der Waals surface area contributed by atoms with Gasteiger partial charge in [-0.2, -0.15) is 0 Å². The van der Waals surface area contributed by atoms with Crippen LogP contribution in [0.1, 0.15) is 23.0 Å². The molecule has 0 saturated carbocycles. The average Bonchev–Trinajstić information content (AvgIpc) is 2.94. The second-order valence-electron chi connectivity index (χ2n) is 4.88. The molecule has 2 rings (SSSR count). The first-order chi connectivity index (χ1) is 11.8. The van der Waals surface area contributed by atoms with Gasteiger partial charge in [0.1, 0.15) is 5.75 Å². The zero-order valence-electron chi connectivity index (χ0n) is 13.1. The van der Waals surface area contributed by atoms with Crippen LogP contribution in [0.4, 0.5) is 5.00 Å². The van der Waals surface area contributed by atoms with E-state index in [-0.39, 0.29) is 23.1 Å². The van der Waals surface area contributed by atoms with E-state index in [4.69, 9.17) is 4.74 Å². The number of ether oxygens (including phenoxy) is 1. The highest BCUT2D eigenvalue weighted by Gasteiger charge is 2.22. The smallest absolute Gasteiger partial charge is 0.362 e. The van der Waals surface area contributed by atoms with E-state index in [0.717, 1.165) is 16.0 Å². The van der Waals surface area contributed by atoms with Gasteiger partial charge < -0.3 is 10.1 Å². The maximum absolute atomic E-state index is 12.2. The second kappa shape index (κ2) is 8.50. The summed E-state index contributed by atoms with van der Waals surface area (Å²) in [4.78, 5) is 23.7. The van der Waals surface area contributed by atoms with Crippen LogP contribution in [-0.4, -0.2) is 42.2 Å². The Labute approximate surface area is 156 Å². The fraction of sp³-hybridized carbons (Fsp3) is 0.286. The lowest BCUT2D eigenvalue weighted by molar-refractivity contribution is -0.113. The van der Waals surface area contributed by atoms with Crippen molar-refractivity contribution in [2.75, 3.05) is 17.7 Å². The molecule has 0 bridgehead atoms. The molecule has 0 unspecified atom stereocenters. The Balaban J connectivity index is 2.02. The predicted molar refractivity (Wildman–Crippen MR) is 96.1 cm³/mol. The number of hydrogen-bond acceptors (Lipinski definition) is 8. The third-order valence-electron chi connectivity index (χ3n) is 2.84. The standard InChI is InChI=1S/C14H14BrN3O5S2/c1-2-23-14(20)12-13(24-18-17-12)16-11(19)8-25(21,22)7-9-4-3-5-10(15)6-9/h3-6H,2,7-8H2,1H3,(H,16,19). The van der Waals surface area contributed by atoms with Crippen molar-refractivity contribution in [2.45, 2.75) is 12.7 Å². The van der Waals surface area contributed by atoms with Crippen molar-refractivity contribution >= 4 is 54.2 Å². The Hall–Kier alpha value is -1.85. The fourth-order valence-electron chi connectivity index (χ4n) is 1.90. The number of esters is 1.